The number of hydrogen-bond donors (Lipinski definition) is 2. The summed E-state index contributed by atoms with van der Waals surface area (Å²) >= 11 is 0. The molecule has 0 radical (unpaired) electrons. The molecule has 0 aromatic heterocycles. The molecule has 0 aromatic rings. The SMILES string of the molecule is Cl.NC1C2CCC(C2)C1C(=O)NCCC1CC1. The molecule has 4 atom stereocenters. The van der Waals surface area contributed by atoms with Crippen molar-refractivity contribution >= 4 is 18.3 Å². The van der Waals surface area contributed by atoms with Gasteiger partial charge >= 0.3 is 0 Å². The van der Waals surface area contributed by atoms with Gasteiger partial charge in [0.2, 0.25) is 5.91 Å². The van der Waals surface area contributed by atoms with Gasteiger partial charge in [0.15, 0.2) is 0 Å². The highest BCUT2D eigenvalue weighted by Crippen LogP contribution is 2.47. The maximum atomic E-state index is 12.1. The first-order valence-corrected chi connectivity index (χ1v) is 6.79. The molecule has 3 rings (SSSR count). The van der Waals surface area contributed by atoms with E-state index < -0.39 is 0 Å². The molecule has 3 nitrogen and oxygen atoms in total. The van der Waals surface area contributed by atoms with Crippen LogP contribution in [0.25, 0.3) is 0 Å². The fourth-order valence-electron chi connectivity index (χ4n) is 3.65. The Kier molecular flexibility index (Phi) is 3.99. The van der Waals surface area contributed by atoms with Gasteiger partial charge in [-0.3, -0.25) is 4.79 Å². The zero-order valence-corrected chi connectivity index (χ0v) is 11.0. The van der Waals surface area contributed by atoms with Gasteiger partial charge in [-0.2, -0.15) is 0 Å². The van der Waals surface area contributed by atoms with Crippen molar-refractivity contribution in [2.75, 3.05) is 6.54 Å². The lowest BCUT2D eigenvalue weighted by atomic mass is 9.84. The number of halogens is 1. The summed E-state index contributed by atoms with van der Waals surface area (Å²) in [5.74, 6) is 2.47. The zero-order valence-electron chi connectivity index (χ0n) is 10.2. The average molecular weight is 259 g/mol. The molecule has 4 heteroatoms. The van der Waals surface area contributed by atoms with Gasteiger partial charge < -0.3 is 11.1 Å². The van der Waals surface area contributed by atoms with E-state index >= 15 is 0 Å². The van der Waals surface area contributed by atoms with Crippen LogP contribution in [0.2, 0.25) is 0 Å². The molecule has 1 amide bonds. The molecule has 17 heavy (non-hydrogen) atoms. The monoisotopic (exact) mass is 258 g/mol. The average Bonchev–Trinajstić information content (AvgIpc) is 2.87. The summed E-state index contributed by atoms with van der Waals surface area (Å²) in [4.78, 5) is 12.1. The summed E-state index contributed by atoms with van der Waals surface area (Å²) < 4.78 is 0. The fourth-order valence-corrected chi connectivity index (χ4v) is 3.65. The quantitative estimate of drug-likeness (QED) is 0.807. The van der Waals surface area contributed by atoms with Crippen molar-refractivity contribution in [2.24, 2.45) is 29.4 Å². The summed E-state index contributed by atoms with van der Waals surface area (Å²) in [5, 5.41) is 3.09. The predicted octanol–water partition coefficient (Wildman–Crippen LogP) is 1.70. The van der Waals surface area contributed by atoms with Crippen molar-refractivity contribution in [2.45, 2.75) is 44.6 Å². The van der Waals surface area contributed by atoms with Crippen molar-refractivity contribution in [1.29, 1.82) is 0 Å². The van der Waals surface area contributed by atoms with E-state index in [-0.39, 0.29) is 30.3 Å². The minimum absolute atomic E-state index is 0. The van der Waals surface area contributed by atoms with Crippen LogP contribution in [0, 0.1) is 23.7 Å². The van der Waals surface area contributed by atoms with E-state index in [0.29, 0.717) is 11.8 Å². The van der Waals surface area contributed by atoms with Crippen LogP contribution in [0.4, 0.5) is 0 Å². The van der Waals surface area contributed by atoms with Gasteiger partial charge in [0.05, 0.1) is 5.92 Å². The second kappa shape index (κ2) is 5.15. The Hall–Kier alpha value is -0.280. The van der Waals surface area contributed by atoms with E-state index in [1.54, 1.807) is 0 Å². The van der Waals surface area contributed by atoms with Gasteiger partial charge in [-0.1, -0.05) is 12.8 Å². The normalized spacial score (nSPS) is 38.9. The molecule has 0 saturated heterocycles. The van der Waals surface area contributed by atoms with Gasteiger partial charge in [-0.15, -0.1) is 12.4 Å². The van der Waals surface area contributed by atoms with Crippen molar-refractivity contribution in [3.63, 3.8) is 0 Å². The van der Waals surface area contributed by atoms with Crippen LogP contribution >= 0.6 is 12.4 Å². The zero-order chi connectivity index (χ0) is 11.1. The molecule has 0 aliphatic heterocycles. The Bertz CT molecular complexity index is 291. The number of nitrogens with one attached hydrogen (secondary N) is 1. The van der Waals surface area contributed by atoms with Gasteiger partial charge in [-0.25, -0.2) is 0 Å². The Balaban J connectivity index is 0.00000108. The van der Waals surface area contributed by atoms with Crippen LogP contribution in [0.5, 0.6) is 0 Å². The third-order valence-electron chi connectivity index (χ3n) is 4.83. The van der Waals surface area contributed by atoms with Gasteiger partial charge in [0, 0.05) is 12.6 Å². The number of carbonyl (C=O) groups excluding carboxylic acids is 1. The Morgan fingerprint density at radius 2 is 1.88 bits per heavy atom. The van der Waals surface area contributed by atoms with Crippen LogP contribution < -0.4 is 11.1 Å². The van der Waals surface area contributed by atoms with Crippen LogP contribution in [0.15, 0.2) is 0 Å². The maximum Gasteiger partial charge on any atom is 0.224 e. The number of nitrogens with two attached hydrogens (primary N) is 1. The van der Waals surface area contributed by atoms with Crippen molar-refractivity contribution in [3.05, 3.63) is 0 Å². The number of hydrogen-bond acceptors (Lipinski definition) is 2. The standard InChI is InChI=1S/C13H22N2O.ClH/c14-12-10-4-3-9(7-10)11(12)13(16)15-6-5-8-1-2-8;/h8-12H,1-7,14H2,(H,15,16);1H. The third-order valence-corrected chi connectivity index (χ3v) is 4.83. The van der Waals surface area contributed by atoms with Crippen molar-refractivity contribution in [1.82, 2.24) is 5.32 Å². The molecule has 2 bridgehead atoms. The Morgan fingerprint density at radius 3 is 2.47 bits per heavy atom. The summed E-state index contributed by atoms with van der Waals surface area (Å²) in [6.45, 7) is 0.865. The van der Waals surface area contributed by atoms with E-state index in [4.69, 9.17) is 5.73 Å². The van der Waals surface area contributed by atoms with Crippen LogP contribution in [0.1, 0.15) is 38.5 Å². The summed E-state index contributed by atoms with van der Waals surface area (Å²) in [6.07, 6.45) is 7.56. The molecule has 4 unspecified atom stereocenters. The van der Waals surface area contributed by atoms with Crippen LogP contribution in [-0.4, -0.2) is 18.5 Å². The molecule has 0 aromatic carbocycles. The smallest absolute Gasteiger partial charge is 0.224 e. The van der Waals surface area contributed by atoms with E-state index in [0.717, 1.165) is 12.5 Å². The van der Waals surface area contributed by atoms with E-state index in [1.165, 1.54) is 38.5 Å². The summed E-state index contributed by atoms with van der Waals surface area (Å²) in [5.41, 5.74) is 6.15. The van der Waals surface area contributed by atoms with Gasteiger partial charge in [-0.05, 0) is 43.4 Å². The first-order chi connectivity index (χ1) is 7.75. The molecular formula is C13H23ClN2O. The molecule has 98 valence electrons. The number of fused-ring (bicyclic) bond motifs is 2. The Morgan fingerprint density at radius 1 is 1.18 bits per heavy atom. The number of amides is 1. The molecule has 3 saturated carbocycles. The van der Waals surface area contributed by atoms with Crippen LogP contribution in [0.3, 0.4) is 0 Å². The van der Waals surface area contributed by atoms with E-state index in [9.17, 15) is 4.79 Å². The van der Waals surface area contributed by atoms with Gasteiger partial charge in [0.25, 0.3) is 0 Å². The molecule has 3 aliphatic rings. The highest BCUT2D eigenvalue weighted by molar-refractivity contribution is 5.85. The predicted molar refractivity (Wildman–Crippen MR) is 69.9 cm³/mol. The first-order valence-electron chi connectivity index (χ1n) is 6.79. The highest BCUT2D eigenvalue weighted by atomic mass is 35.5. The summed E-state index contributed by atoms with van der Waals surface area (Å²) in [6, 6.07) is 0.139. The number of carbonyl (C=O) groups is 1. The third kappa shape index (κ3) is 2.60. The minimum atomic E-state index is 0. The van der Waals surface area contributed by atoms with Crippen molar-refractivity contribution in [3.8, 4) is 0 Å². The lowest BCUT2D eigenvalue weighted by Gasteiger charge is -2.27. The largest absolute Gasteiger partial charge is 0.356 e. The van der Waals surface area contributed by atoms with E-state index in [2.05, 4.69) is 5.32 Å². The maximum absolute atomic E-state index is 12.1. The van der Waals surface area contributed by atoms with Crippen LogP contribution in [-0.2, 0) is 4.79 Å². The first kappa shape index (κ1) is 13.2. The lowest BCUT2D eigenvalue weighted by molar-refractivity contribution is -0.127. The van der Waals surface area contributed by atoms with E-state index in [1.807, 2.05) is 0 Å². The molecule has 0 spiro atoms. The molecule has 3 aliphatic carbocycles. The minimum Gasteiger partial charge on any atom is -0.356 e. The lowest BCUT2D eigenvalue weighted by Crippen LogP contribution is -2.45. The number of rotatable bonds is 4. The second-order valence-electron chi connectivity index (χ2n) is 5.96. The highest BCUT2D eigenvalue weighted by Gasteiger charge is 2.48. The fraction of sp³-hybridized carbons (Fsp3) is 0.923. The molecule has 3 N–H and O–H groups in total. The van der Waals surface area contributed by atoms with Crippen molar-refractivity contribution < 1.29 is 4.79 Å². The second-order valence-corrected chi connectivity index (χ2v) is 5.96. The Labute approximate surface area is 109 Å². The molecular weight excluding hydrogens is 236 g/mol. The van der Waals surface area contributed by atoms with Gasteiger partial charge in [0.1, 0.15) is 0 Å². The topological polar surface area (TPSA) is 55.1 Å². The summed E-state index contributed by atoms with van der Waals surface area (Å²) in [7, 11) is 0. The molecule has 0 heterocycles. The molecule has 3 fully saturated rings.